The van der Waals surface area contributed by atoms with Gasteiger partial charge in [0.25, 0.3) is 0 Å². The number of halogens is 1. The number of aromatic nitrogens is 12. The molecule has 418 valence electrons. The predicted octanol–water partition coefficient (Wildman–Crippen LogP) is 10.2. The second-order valence-corrected chi connectivity index (χ2v) is 36.1. The largest absolute Gasteiger partial charge is 0.496 e. The molecule has 0 aliphatic heterocycles. The fourth-order valence-electron chi connectivity index (χ4n) is 8.22. The highest BCUT2D eigenvalue weighted by Gasteiger charge is 2.22. The highest BCUT2D eigenvalue weighted by atomic mass is 35.5. The summed E-state index contributed by atoms with van der Waals surface area (Å²) in [6.07, 6.45) is 4.51. The summed E-state index contributed by atoms with van der Waals surface area (Å²) in [7, 11) is 25.2. The molecule has 8 heterocycles. The molecule has 78 heavy (non-hydrogen) atoms. The number of hydrogen-bond donors (Lipinski definition) is 3. The summed E-state index contributed by atoms with van der Waals surface area (Å²) in [5.41, 5.74) is 19.0. The number of aryl methyl sites for hydroxylation is 10. The van der Waals surface area contributed by atoms with Crippen molar-refractivity contribution in [2.45, 2.75) is 76.7 Å². The van der Waals surface area contributed by atoms with Gasteiger partial charge in [-0.2, -0.15) is 10.2 Å². The molecule has 0 radical (unpaired) electrons. The first-order valence-corrected chi connectivity index (χ1v) is 38.4. The third-order valence-corrected chi connectivity index (χ3v) is 33.7. The molecular formula is C47H56ClN13O4S13. The fraction of sp³-hybridized carbons (Fsp3) is 0.319. The number of nitrogens with two attached hydrogens (primary N) is 1. The van der Waals surface area contributed by atoms with Crippen molar-refractivity contribution < 1.29 is 18.5 Å². The Hall–Kier alpha value is -4.41. The quantitative estimate of drug-likeness (QED) is 0.132. The molecule has 0 atom stereocenters. The molecule has 31 heteroatoms. The maximum atomic E-state index is 6.33. The van der Waals surface area contributed by atoms with Gasteiger partial charge in [0, 0.05) is 191 Å². The second kappa shape index (κ2) is 29.9. The van der Waals surface area contributed by atoms with Crippen molar-refractivity contribution in [3.63, 3.8) is 0 Å². The summed E-state index contributed by atoms with van der Waals surface area (Å²) in [6.45, 7) is 15.3. The Morgan fingerprint density at radius 3 is 1.41 bits per heavy atom. The lowest BCUT2D eigenvalue weighted by Crippen LogP contribution is -1.99. The van der Waals surface area contributed by atoms with E-state index in [2.05, 4.69) is 51.5 Å². The molecule has 0 saturated heterocycles. The van der Waals surface area contributed by atoms with Crippen LogP contribution in [-0.4, -0.2) is 74.0 Å². The highest BCUT2D eigenvalue weighted by Crippen LogP contribution is 2.42. The molecular weight excluding hydrogens is 1260 g/mol. The molecule has 4 N–H and O–H groups in total. The number of rotatable bonds is 6. The molecule has 17 nitrogen and oxygen atoms in total. The molecule has 2 aromatic carbocycles. The first-order chi connectivity index (χ1) is 36.5. The minimum absolute atomic E-state index is 0. The Morgan fingerprint density at radius 2 is 1.03 bits per heavy atom. The van der Waals surface area contributed by atoms with Crippen LogP contribution in [0, 0.1) is 55.4 Å². The van der Waals surface area contributed by atoms with E-state index in [0.717, 1.165) is 129 Å². The lowest BCUT2D eigenvalue weighted by Gasteiger charge is -2.09. The van der Waals surface area contributed by atoms with E-state index in [-0.39, 0.29) is 14.9 Å². The number of methoxy groups -OCH3 is 2. The summed E-state index contributed by atoms with van der Waals surface area (Å²) in [5, 5.41) is 20.8. The van der Waals surface area contributed by atoms with Gasteiger partial charge in [0.2, 0.25) is 0 Å². The average Bonchev–Trinajstić information content (AvgIpc) is 4.39. The molecule has 0 spiro atoms. The van der Waals surface area contributed by atoms with E-state index >= 15 is 0 Å². The fourth-order valence-corrected chi connectivity index (χ4v) is 33.2. The molecule has 10 rings (SSSR count). The smallest absolute Gasteiger partial charge is 0.143 e. The van der Waals surface area contributed by atoms with Gasteiger partial charge >= 0.3 is 0 Å². The predicted molar refractivity (Wildman–Crippen MR) is 353 cm³/mol. The zero-order valence-corrected chi connectivity index (χ0v) is 53.9. The number of anilines is 1. The van der Waals surface area contributed by atoms with Gasteiger partial charge in [-0.1, -0.05) is 36.8 Å². The lowest BCUT2D eigenvalue weighted by atomic mass is 10.00. The third kappa shape index (κ3) is 15.5. The molecule has 0 bridgehead atoms. The van der Waals surface area contributed by atoms with E-state index < -0.39 is 0 Å². The van der Waals surface area contributed by atoms with Crippen molar-refractivity contribution in [2.75, 3.05) is 20.0 Å². The molecule has 8 aromatic heterocycles. The molecule has 0 aliphatic rings. The van der Waals surface area contributed by atoms with Crippen LogP contribution in [0.15, 0.2) is 45.7 Å². The molecule has 0 fully saturated rings. The number of aromatic amines is 2. The van der Waals surface area contributed by atoms with Crippen molar-refractivity contribution in [3.8, 4) is 33.8 Å². The Bertz CT molecular complexity index is 4250. The zero-order valence-electron chi connectivity index (χ0n) is 42.5. The van der Waals surface area contributed by atoms with Gasteiger partial charge < -0.3 is 34.2 Å². The maximum Gasteiger partial charge on any atom is 0.143 e. The summed E-state index contributed by atoms with van der Waals surface area (Å²) < 4.78 is 25.6. The van der Waals surface area contributed by atoms with E-state index in [1.54, 1.807) is 105 Å². The third-order valence-electron chi connectivity index (χ3n) is 11.2. The van der Waals surface area contributed by atoms with Gasteiger partial charge in [0.15, 0.2) is 0 Å². The Balaban J connectivity index is 0.000000211. The van der Waals surface area contributed by atoms with Crippen LogP contribution in [0.4, 0.5) is 5.69 Å². The van der Waals surface area contributed by atoms with Crippen molar-refractivity contribution >= 4 is 181 Å². The van der Waals surface area contributed by atoms with Crippen LogP contribution in [0.5, 0.6) is 11.5 Å². The number of fused-ring (bicyclic) bond motifs is 6. The van der Waals surface area contributed by atoms with E-state index in [4.69, 9.17) is 63.2 Å². The van der Waals surface area contributed by atoms with E-state index in [1.165, 1.54) is 17.8 Å². The van der Waals surface area contributed by atoms with E-state index in [0.29, 0.717) is 23.0 Å². The lowest BCUT2D eigenvalue weighted by molar-refractivity contribution is 0.393. The van der Waals surface area contributed by atoms with Crippen LogP contribution < -0.4 is 15.2 Å². The van der Waals surface area contributed by atoms with Crippen molar-refractivity contribution in [3.05, 3.63) is 99.0 Å². The van der Waals surface area contributed by atoms with Crippen LogP contribution in [0.2, 0.25) is 5.15 Å². The topological polar surface area (TPSA) is 215 Å². The number of hydrogen-bond acceptors (Lipinski definition) is 15. The monoisotopic (exact) mass is 1320 g/mol. The SMILES string of the molecule is C.C.COc1cc2c(cc1-c1c(C)noc1C)[nH]c1nc(C)nc(Cc3cn(C)nc3C)c12.COc1cc2c(cc1-c1c(C)noc1C)[nH]c1nc(C)nc(Cl)c12.Cc1nn(C)cc1N.S=S=S=S=S=S=S=S=S=S=S=S=S. The van der Waals surface area contributed by atoms with Gasteiger partial charge in [0.05, 0.1) is 64.9 Å². The van der Waals surface area contributed by atoms with Crippen molar-refractivity contribution in [1.29, 1.82) is 0 Å². The molecule has 0 aliphatic carbocycles. The summed E-state index contributed by atoms with van der Waals surface area (Å²) in [4.78, 5) is 24.9. The van der Waals surface area contributed by atoms with Gasteiger partial charge in [-0.15, -0.1) is 0 Å². The average molecular weight is 1320 g/mol. The number of H-pyrrole nitrogens is 2. The van der Waals surface area contributed by atoms with Gasteiger partial charge in [0.1, 0.15) is 51.1 Å². The Labute approximate surface area is 497 Å². The zero-order chi connectivity index (χ0) is 54.8. The first-order valence-electron chi connectivity index (χ1n) is 22.1. The molecule has 0 amide bonds. The van der Waals surface area contributed by atoms with Crippen LogP contribution >= 0.6 is 11.6 Å². The minimum Gasteiger partial charge on any atom is -0.496 e. The maximum absolute atomic E-state index is 6.33. The van der Waals surface area contributed by atoms with E-state index in [9.17, 15) is 0 Å². The normalized spacial score (nSPS) is 10.4. The second-order valence-electron chi connectivity index (χ2n) is 16.3. The van der Waals surface area contributed by atoms with Crippen LogP contribution in [0.3, 0.4) is 0 Å². The summed E-state index contributed by atoms with van der Waals surface area (Å²) in [5.74, 6) is 4.33. The van der Waals surface area contributed by atoms with Gasteiger partial charge in [-0.05, 0) is 85.2 Å². The first kappa shape index (κ1) is 64.4. The number of ether oxygens (including phenoxy) is 2. The van der Waals surface area contributed by atoms with E-state index in [1.807, 2.05) is 98.6 Å². The molecule has 0 unspecified atom stereocenters. The van der Waals surface area contributed by atoms with Crippen LogP contribution in [0.25, 0.3) is 66.1 Å². The number of nitrogen functional groups attached to an aromatic ring is 1. The summed E-state index contributed by atoms with van der Waals surface area (Å²) in [6, 6.07) is 8.08. The number of benzene rings is 2. The molecule has 10 aromatic rings. The summed E-state index contributed by atoms with van der Waals surface area (Å²) >= 11 is 15.7. The highest BCUT2D eigenvalue weighted by molar-refractivity contribution is 8.75. The Morgan fingerprint density at radius 1 is 0.590 bits per heavy atom. The standard InChI is InChI=1S/C23H24N6O2.C17H15ClN4O2.C5H9N3.2CH4.S13/c1-11-15(10-29(5)27-11)7-19-22-16-9-20(30-6)17(21-12(2)28-31-13(21)3)8-18(16)26-23(22)25-14(4)24-19;1-7-14(8(2)24-22-7)11-5-12-10(6-13(11)23-4)15-16(18)19-9(3)20-17(15)21-12;1-4-5(6)3-8(2)7-4;;;1-3-5-7-9-11-13-12-10-8-6-4-2/h8-10H,7H2,1-6H3,(H,24,25,26);5-6H,1-4H3,(H,19,20,21);3H,6H2,1-2H3;2*1H4;. The number of nitrogens with one attached hydrogen (secondary N) is 2. The van der Waals surface area contributed by atoms with Gasteiger partial charge in [-0.3, -0.25) is 9.36 Å². The molecule has 0 saturated carbocycles. The van der Waals surface area contributed by atoms with Crippen LogP contribution in [-0.2, 0) is 141 Å². The van der Waals surface area contributed by atoms with Crippen LogP contribution in [0.1, 0.15) is 72.1 Å². The number of nitrogens with zero attached hydrogens (tertiary/aromatic N) is 10. The van der Waals surface area contributed by atoms with Crippen molar-refractivity contribution in [2.24, 2.45) is 14.1 Å². The van der Waals surface area contributed by atoms with Crippen molar-refractivity contribution in [1.82, 2.24) is 59.8 Å². The minimum atomic E-state index is 0. The van der Waals surface area contributed by atoms with Gasteiger partial charge in [-0.25, -0.2) is 19.9 Å². The Kier molecular flexibility index (Phi) is 24.7.